The summed E-state index contributed by atoms with van der Waals surface area (Å²) >= 11 is 0. The van der Waals surface area contributed by atoms with Gasteiger partial charge in [-0.2, -0.15) is 12.1 Å². The Kier molecular flexibility index (Phi) is 15.0. The van der Waals surface area contributed by atoms with Gasteiger partial charge in [0.1, 0.15) is 0 Å². The van der Waals surface area contributed by atoms with Crippen molar-refractivity contribution in [3.8, 4) is 22.3 Å². The van der Waals surface area contributed by atoms with Gasteiger partial charge < -0.3 is 45.1 Å². The Bertz CT molecular complexity index is 2220. The summed E-state index contributed by atoms with van der Waals surface area (Å²) in [4.78, 5) is 0. The van der Waals surface area contributed by atoms with Crippen LogP contribution in [0.1, 0.15) is 80.8 Å². The van der Waals surface area contributed by atoms with Crippen molar-refractivity contribution in [1.82, 2.24) is 0 Å². The SMILES string of the molecule is [CH2-]C[CH2-].[Cl-].[Cl-].[Zr+2].c1ccc2c(-c3cccc4[cH-]c(C5CCCC5)cc34)cccc2c1.c1ccc2c(-c3cccc4[cH-]c(C5CCCC5)cc34)cccc2c1. The summed E-state index contributed by atoms with van der Waals surface area (Å²) in [5.41, 5.74) is 8.54. The molecule has 2 aliphatic carbocycles. The molecule has 0 atom stereocenters. The van der Waals surface area contributed by atoms with Crippen molar-refractivity contribution in [1.29, 1.82) is 0 Å². The van der Waals surface area contributed by atoms with Crippen LogP contribution in [0.4, 0.5) is 0 Å². The molecule has 10 rings (SSSR count). The van der Waals surface area contributed by atoms with E-state index in [1.54, 1.807) is 11.1 Å². The number of hydrogen-bond acceptors (Lipinski definition) is 0. The van der Waals surface area contributed by atoms with Gasteiger partial charge >= 0.3 is 26.2 Å². The molecule has 8 aromatic carbocycles. The maximum absolute atomic E-state index is 3.38. The van der Waals surface area contributed by atoms with Gasteiger partial charge in [0.15, 0.2) is 0 Å². The van der Waals surface area contributed by atoms with Crippen molar-refractivity contribution in [3.63, 3.8) is 0 Å². The van der Waals surface area contributed by atoms with Gasteiger partial charge in [-0.3, -0.25) is 0 Å². The van der Waals surface area contributed by atoms with E-state index < -0.39 is 0 Å². The molecule has 0 N–H and O–H groups in total. The predicted octanol–water partition coefficient (Wildman–Crippen LogP) is 9.12. The Morgan fingerprint density at radius 3 is 1.13 bits per heavy atom. The van der Waals surface area contributed by atoms with Crippen LogP contribution in [0.2, 0.25) is 0 Å². The molecule has 2 saturated carbocycles. The molecule has 8 aromatic rings. The Morgan fingerprint density at radius 1 is 0.426 bits per heavy atom. The molecule has 0 spiro atoms. The molecule has 274 valence electrons. The fraction of sp³-hybridized carbons (Fsp3) is 0.216. The molecular weight excluding hydrogens is 775 g/mol. The Balaban J connectivity index is 0.000000184. The summed E-state index contributed by atoms with van der Waals surface area (Å²) in [6.45, 7) is 6.75. The number of hydrogen-bond donors (Lipinski definition) is 0. The molecule has 3 heteroatoms. The summed E-state index contributed by atoms with van der Waals surface area (Å²) < 4.78 is 0. The molecule has 0 heterocycles. The third-order valence-corrected chi connectivity index (χ3v) is 11.4. The summed E-state index contributed by atoms with van der Waals surface area (Å²) in [6.07, 6.45) is 11.8. The Morgan fingerprint density at radius 2 is 0.741 bits per heavy atom. The number of benzene rings is 6. The molecule has 0 radical (unpaired) electrons. The molecule has 0 saturated heterocycles. The number of rotatable bonds is 4. The van der Waals surface area contributed by atoms with Gasteiger partial charge in [0, 0.05) is 0 Å². The van der Waals surface area contributed by atoms with E-state index in [2.05, 4.69) is 159 Å². The smallest absolute Gasteiger partial charge is 1.00 e. The second-order valence-corrected chi connectivity index (χ2v) is 14.6. The molecular formula is C51H48Cl2Zr-4. The molecule has 0 aliphatic heterocycles. The van der Waals surface area contributed by atoms with Crippen molar-refractivity contribution in [3.05, 3.63) is 171 Å². The standard InChI is InChI=1S/2C24H21.C3H6.2ClH.Zr/c2*1-2-8-17(7-1)20-15-19-11-6-14-23(24(19)16-20)22-13-5-10-18-9-3-4-12-21(18)22;1-3-2;;;/h2*3-6,9-17H,1-2,7-8H2;1-3H2;2*1H;/q2*-1;-2;;;+2/p-2. The maximum atomic E-state index is 3.38. The van der Waals surface area contributed by atoms with Crippen LogP contribution >= 0.6 is 0 Å². The van der Waals surface area contributed by atoms with E-state index in [0.29, 0.717) is 0 Å². The second kappa shape index (κ2) is 19.4. The molecule has 0 bridgehead atoms. The molecule has 2 fully saturated rings. The van der Waals surface area contributed by atoms with E-state index in [4.69, 9.17) is 0 Å². The maximum Gasteiger partial charge on any atom is 2.00 e. The van der Waals surface area contributed by atoms with Crippen LogP contribution in [0.15, 0.2) is 146 Å². The van der Waals surface area contributed by atoms with Crippen LogP contribution in [0.3, 0.4) is 0 Å². The van der Waals surface area contributed by atoms with Crippen LogP contribution in [0.5, 0.6) is 0 Å². The topological polar surface area (TPSA) is 0 Å². The molecule has 54 heavy (non-hydrogen) atoms. The Hall–Kier alpha value is -3.48. The van der Waals surface area contributed by atoms with Gasteiger partial charge in [-0.15, -0.1) is 69.1 Å². The largest absolute Gasteiger partial charge is 2.00 e. The first-order chi connectivity index (χ1) is 25.2. The number of halogens is 2. The zero-order chi connectivity index (χ0) is 34.6. The van der Waals surface area contributed by atoms with Gasteiger partial charge in [-0.05, 0) is 70.2 Å². The third kappa shape index (κ3) is 8.66. The van der Waals surface area contributed by atoms with Gasteiger partial charge in [0.2, 0.25) is 0 Å². The van der Waals surface area contributed by atoms with E-state index in [1.165, 1.54) is 117 Å². The molecule has 0 aromatic heterocycles. The fourth-order valence-electron chi connectivity index (χ4n) is 8.90. The fourth-order valence-corrected chi connectivity index (χ4v) is 8.90. The summed E-state index contributed by atoms with van der Waals surface area (Å²) in [5.74, 6) is 1.55. The molecule has 0 unspecified atom stereocenters. The normalized spacial score (nSPS) is 14.1. The van der Waals surface area contributed by atoms with Gasteiger partial charge in [0.05, 0.1) is 0 Å². The Labute approximate surface area is 354 Å². The first kappa shape index (κ1) is 41.7. The first-order valence-electron chi connectivity index (χ1n) is 19.2. The van der Waals surface area contributed by atoms with Crippen LogP contribution in [0.25, 0.3) is 65.3 Å². The number of fused-ring (bicyclic) bond motifs is 4. The minimum Gasteiger partial charge on any atom is -1.00 e. The average Bonchev–Trinajstić information content (AvgIpc) is 4.01. The summed E-state index contributed by atoms with van der Waals surface area (Å²) in [5, 5.41) is 10.9. The van der Waals surface area contributed by atoms with Gasteiger partial charge in [-0.1, -0.05) is 134 Å². The third-order valence-electron chi connectivity index (χ3n) is 11.4. The van der Waals surface area contributed by atoms with Gasteiger partial charge in [-0.25, -0.2) is 0 Å². The van der Waals surface area contributed by atoms with E-state index >= 15 is 0 Å². The zero-order valence-corrected chi connectivity index (χ0v) is 35.0. The summed E-state index contributed by atoms with van der Waals surface area (Å²) in [6, 6.07) is 54.0. The molecule has 0 amide bonds. The van der Waals surface area contributed by atoms with E-state index in [0.717, 1.165) is 18.3 Å². The quantitative estimate of drug-likeness (QED) is 0.156. The molecule has 2 aliphatic rings. The van der Waals surface area contributed by atoms with Crippen LogP contribution in [-0.2, 0) is 26.2 Å². The minimum atomic E-state index is 0. The van der Waals surface area contributed by atoms with Crippen LogP contribution in [-0.4, -0.2) is 0 Å². The first-order valence-corrected chi connectivity index (χ1v) is 19.2. The van der Waals surface area contributed by atoms with E-state index in [1.807, 2.05) is 0 Å². The second-order valence-electron chi connectivity index (χ2n) is 14.6. The van der Waals surface area contributed by atoms with Crippen molar-refractivity contribution in [2.24, 2.45) is 0 Å². The van der Waals surface area contributed by atoms with Crippen molar-refractivity contribution < 1.29 is 51.0 Å². The van der Waals surface area contributed by atoms with Crippen molar-refractivity contribution in [2.75, 3.05) is 0 Å². The monoisotopic (exact) mass is 820 g/mol. The zero-order valence-electron chi connectivity index (χ0n) is 31.0. The minimum absolute atomic E-state index is 0. The summed E-state index contributed by atoms with van der Waals surface area (Å²) in [7, 11) is 0. The van der Waals surface area contributed by atoms with Crippen LogP contribution < -0.4 is 24.8 Å². The van der Waals surface area contributed by atoms with Crippen LogP contribution in [0, 0.1) is 13.8 Å². The van der Waals surface area contributed by atoms with E-state index in [9.17, 15) is 0 Å². The van der Waals surface area contributed by atoms with Crippen molar-refractivity contribution in [2.45, 2.75) is 69.6 Å². The van der Waals surface area contributed by atoms with Gasteiger partial charge in [0.25, 0.3) is 0 Å². The predicted molar refractivity (Wildman–Crippen MR) is 223 cm³/mol. The van der Waals surface area contributed by atoms with E-state index in [-0.39, 0.29) is 51.0 Å². The average molecular weight is 823 g/mol. The van der Waals surface area contributed by atoms with Crippen molar-refractivity contribution >= 4 is 43.1 Å². The molecule has 0 nitrogen and oxygen atoms in total.